The zero-order valence-corrected chi connectivity index (χ0v) is 17.6. The third kappa shape index (κ3) is 4.52. The fraction of sp³-hybridized carbons (Fsp3) is 0.190. The van der Waals surface area contributed by atoms with Crippen LogP contribution in [0.4, 0.5) is 10.8 Å². The average molecular weight is 455 g/mol. The molecule has 0 unspecified atom stereocenters. The number of nitro benzene ring substituents is 1. The van der Waals surface area contributed by atoms with Gasteiger partial charge in [-0.25, -0.2) is 9.78 Å². The molecule has 1 aliphatic heterocycles. The lowest BCUT2D eigenvalue weighted by atomic mass is 10.1. The maximum absolute atomic E-state index is 12.7. The molecule has 1 amide bonds. The number of thiazole rings is 1. The van der Waals surface area contributed by atoms with E-state index in [9.17, 15) is 19.7 Å². The van der Waals surface area contributed by atoms with E-state index in [-0.39, 0.29) is 17.7 Å². The summed E-state index contributed by atoms with van der Waals surface area (Å²) in [5.74, 6) is -0.107. The minimum Gasteiger partial charge on any atom is -0.486 e. The number of hydrogen-bond acceptors (Lipinski definition) is 9. The largest absolute Gasteiger partial charge is 0.486 e. The van der Waals surface area contributed by atoms with Gasteiger partial charge in [0.15, 0.2) is 16.6 Å². The van der Waals surface area contributed by atoms with E-state index in [1.54, 1.807) is 24.4 Å². The lowest BCUT2D eigenvalue weighted by molar-refractivity contribution is -0.384. The van der Waals surface area contributed by atoms with E-state index in [0.29, 0.717) is 35.5 Å². The van der Waals surface area contributed by atoms with Crippen LogP contribution in [0.15, 0.2) is 41.8 Å². The van der Waals surface area contributed by atoms with Crippen LogP contribution in [0, 0.1) is 10.1 Å². The number of ether oxygens (including phenoxy) is 3. The molecule has 0 aliphatic carbocycles. The minimum absolute atomic E-state index is 0.0571. The van der Waals surface area contributed by atoms with Gasteiger partial charge in [0.1, 0.15) is 13.2 Å². The second kappa shape index (κ2) is 9.02. The van der Waals surface area contributed by atoms with E-state index < -0.39 is 22.5 Å². The van der Waals surface area contributed by atoms with Gasteiger partial charge in [-0.3, -0.25) is 20.2 Å². The first kappa shape index (κ1) is 21.2. The minimum atomic E-state index is -0.750. The van der Waals surface area contributed by atoms with Crippen molar-refractivity contribution in [1.29, 1.82) is 0 Å². The van der Waals surface area contributed by atoms with E-state index in [1.807, 2.05) is 6.07 Å². The summed E-state index contributed by atoms with van der Waals surface area (Å²) in [5, 5.41) is 15.9. The molecule has 1 N–H and O–H groups in total. The highest BCUT2D eigenvalue weighted by molar-refractivity contribution is 7.14. The van der Waals surface area contributed by atoms with Gasteiger partial charge >= 0.3 is 5.97 Å². The molecular formula is C21H17N3O7S. The molecule has 0 saturated heterocycles. The number of rotatable bonds is 6. The first-order chi connectivity index (χ1) is 15.4. The number of nitrogens with zero attached hydrogens (tertiary/aromatic N) is 2. The Morgan fingerprint density at radius 1 is 1.16 bits per heavy atom. The van der Waals surface area contributed by atoms with Crippen molar-refractivity contribution < 1.29 is 28.7 Å². The van der Waals surface area contributed by atoms with Gasteiger partial charge in [0.05, 0.1) is 22.8 Å². The van der Waals surface area contributed by atoms with Crippen LogP contribution in [0.25, 0.3) is 11.3 Å². The van der Waals surface area contributed by atoms with Crippen LogP contribution in [0.1, 0.15) is 27.6 Å². The highest BCUT2D eigenvalue weighted by Gasteiger charge is 2.20. The molecule has 1 aromatic heterocycles. The third-order valence-corrected chi connectivity index (χ3v) is 5.22. The Hall–Kier alpha value is -3.99. The molecule has 0 atom stereocenters. The van der Waals surface area contributed by atoms with Crippen LogP contribution in [0.3, 0.4) is 0 Å². The number of nitrogens with one attached hydrogen (secondary N) is 1. The van der Waals surface area contributed by atoms with Gasteiger partial charge in [-0.15, -0.1) is 11.3 Å². The molecule has 0 spiro atoms. The SMILES string of the molecule is CCOC(=O)c1cc(C(=O)Nc2nc(-c3ccc4c(c3)OCCO4)cs2)cc([N+](=O)[O-])c1. The molecule has 3 aromatic rings. The zero-order valence-electron chi connectivity index (χ0n) is 16.8. The van der Waals surface area contributed by atoms with Crippen molar-refractivity contribution in [3.63, 3.8) is 0 Å². The fourth-order valence-electron chi connectivity index (χ4n) is 3.02. The smallest absolute Gasteiger partial charge is 0.338 e. The van der Waals surface area contributed by atoms with Gasteiger partial charge in [-0.05, 0) is 31.2 Å². The van der Waals surface area contributed by atoms with E-state index in [1.165, 1.54) is 17.4 Å². The number of aromatic nitrogens is 1. The van der Waals surface area contributed by atoms with Crippen molar-refractivity contribution in [2.75, 3.05) is 25.1 Å². The average Bonchev–Trinajstić information content (AvgIpc) is 3.27. The quantitative estimate of drug-likeness (QED) is 0.336. The molecule has 1 aliphatic rings. The second-order valence-electron chi connectivity index (χ2n) is 6.60. The first-order valence-corrected chi connectivity index (χ1v) is 10.5. The lowest BCUT2D eigenvalue weighted by Crippen LogP contribution is -2.15. The Kier molecular flexibility index (Phi) is 5.99. The predicted octanol–water partition coefficient (Wildman–Crippen LogP) is 3.92. The Morgan fingerprint density at radius 2 is 1.91 bits per heavy atom. The Bertz CT molecular complexity index is 1210. The maximum Gasteiger partial charge on any atom is 0.338 e. The van der Waals surface area contributed by atoms with Crippen molar-refractivity contribution in [3.05, 3.63) is 63.0 Å². The van der Waals surface area contributed by atoms with Crippen molar-refractivity contribution in [2.45, 2.75) is 6.92 Å². The van der Waals surface area contributed by atoms with Gasteiger partial charge < -0.3 is 14.2 Å². The highest BCUT2D eigenvalue weighted by atomic mass is 32.1. The number of esters is 1. The van der Waals surface area contributed by atoms with Crippen LogP contribution < -0.4 is 14.8 Å². The number of carbonyl (C=O) groups is 2. The molecule has 0 radical (unpaired) electrons. The standard InChI is InChI=1S/C21H17N3O7S/c1-2-29-20(26)14-7-13(8-15(9-14)24(27)28)19(25)23-21-22-16(11-32-21)12-3-4-17-18(10-12)31-6-5-30-17/h3-4,7-11H,2,5-6H2,1H3,(H,22,23,25). The van der Waals surface area contributed by atoms with Crippen molar-refractivity contribution in [1.82, 2.24) is 4.98 Å². The summed E-state index contributed by atoms with van der Waals surface area (Å²) in [6.45, 7) is 2.68. The van der Waals surface area contributed by atoms with Crippen LogP contribution in [0.5, 0.6) is 11.5 Å². The topological polar surface area (TPSA) is 130 Å². The van der Waals surface area contributed by atoms with Gasteiger partial charge in [-0.2, -0.15) is 0 Å². The Balaban J connectivity index is 1.55. The zero-order chi connectivity index (χ0) is 22.7. The van der Waals surface area contributed by atoms with E-state index in [0.717, 1.165) is 17.7 Å². The Labute approximate surface area is 185 Å². The molecule has 164 valence electrons. The van der Waals surface area contributed by atoms with Crippen LogP contribution in [-0.2, 0) is 4.74 Å². The summed E-state index contributed by atoms with van der Waals surface area (Å²) < 4.78 is 16.0. The normalized spacial score (nSPS) is 12.2. The number of non-ortho nitro benzene ring substituents is 1. The van der Waals surface area contributed by atoms with Gasteiger partial charge in [0, 0.05) is 28.6 Å². The fourth-order valence-corrected chi connectivity index (χ4v) is 3.73. The molecule has 2 aromatic carbocycles. The molecule has 0 bridgehead atoms. The number of fused-ring (bicyclic) bond motifs is 1. The summed E-state index contributed by atoms with van der Waals surface area (Å²) in [6.07, 6.45) is 0. The van der Waals surface area contributed by atoms with Crippen LogP contribution in [0.2, 0.25) is 0 Å². The van der Waals surface area contributed by atoms with Crippen molar-refractivity contribution in [2.24, 2.45) is 0 Å². The number of hydrogen-bond donors (Lipinski definition) is 1. The van der Waals surface area contributed by atoms with Gasteiger partial charge in [-0.1, -0.05) is 0 Å². The maximum atomic E-state index is 12.7. The van der Waals surface area contributed by atoms with Crippen molar-refractivity contribution >= 4 is 34.0 Å². The second-order valence-corrected chi connectivity index (χ2v) is 7.45. The molecule has 32 heavy (non-hydrogen) atoms. The van der Waals surface area contributed by atoms with Gasteiger partial charge in [0.2, 0.25) is 0 Å². The first-order valence-electron chi connectivity index (χ1n) is 9.58. The summed E-state index contributed by atoms with van der Waals surface area (Å²) in [7, 11) is 0. The van der Waals surface area contributed by atoms with Crippen molar-refractivity contribution in [3.8, 4) is 22.8 Å². The highest BCUT2D eigenvalue weighted by Crippen LogP contribution is 2.35. The number of amides is 1. The molecule has 0 saturated carbocycles. The number of benzene rings is 2. The summed E-state index contributed by atoms with van der Waals surface area (Å²) in [6, 6.07) is 8.84. The van der Waals surface area contributed by atoms with Crippen LogP contribution >= 0.6 is 11.3 Å². The molecule has 2 heterocycles. The summed E-state index contributed by atoms with van der Waals surface area (Å²) >= 11 is 1.19. The lowest BCUT2D eigenvalue weighted by Gasteiger charge is -2.18. The molecule has 10 nitrogen and oxygen atoms in total. The van der Waals surface area contributed by atoms with Gasteiger partial charge in [0.25, 0.3) is 11.6 Å². The number of carbonyl (C=O) groups excluding carboxylic acids is 2. The van der Waals surface area contributed by atoms with E-state index in [2.05, 4.69) is 10.3 Å². The third-order valence-electron chi connectivity index (χ3n) is 4.46. The summed E-state index contributed by atoms with van der Waals surface area (Å²) in [5.41, 5.74) is 0.872. The Morgan fingerprint density at radius 3 is 2.66 bits per heavy atom. The number of nitro groups is 1. The molecule has 0 fully saturated rings. The van der Waals surface area contributed by atoms with Crippen LogP contribution in [-0.4, -0.2) is 41.6 Å². The monoisotopic (exact) mass is 455 g/mol. The number of anilines is 1. The molecular weight excluding hydrogens is 438 g/mol. The summed E-state index contributed by atoms with van der Waals surface area (Å²) in [4.78, 5) is 39.7. The molecule has 4 rings (SSSR count). The van der Waals surface area contributed by atoms with E-state index in [4.69, 9.17) is 14.2 Å². The predicted molar refractivity (Wildman–Crippen MR) is 116 cm³/mol. The molecule has 11 heteroatoms. The van der Waals surface area contributed by atoms with E-state index >= 15 is 0 Å².